The maximum atomic E-state index is 11.7. The van der Waals surface area contributed by atoms with Crippen LogP contribution < -0.4 is 0 Å². The van der Waals surface area contributed by atoms with Crippen LogP contribution in [0.3, 0.4) is 0 Å². The molecular weight excluding hydrogens is 208 g/mol. The number of carbonyl (C=O) groups excluding carboxylic acids is 1. The van der Waals surface area contributed by atoms with E-state index in [2.05, 4.69) is 4.90 Å². The molecule has 0 spiro atoms. The van der Waals surface area contributed by atoms with Gasteiger partial charge in [0.15, 0.2) is 0 Å². The molecule has 0 aliphatic carbocycles. The number of hydrogen-bond donors (Lipinski definition) is 1. The van der Waals surface area contributed by atoms with E-state index in [1.54, 1.807) is 0 Å². The first-order valence-electron chi connectivity index (χ1n) is 5.90. The molecule has 2 saturated heterocycles. The van der Waals surface area contributed by atoms with Gasteiger partial charge < -0.3 is 10.0 Å². The van der Waals surface area contributed by atoms with Crippen molar-refractivity contribution >= 4 is 11.9 Å². The predicted octanol–water partition coefficient (Wildman–Crippen LogP) is 0.0153. The first-order chi connectivity index (χ1) is 7.66. The predicted molar refractivity (Wildman–Crippen MR) is 58.0 cm³/mol. The molecule has 2 aliphatic rings. The Morgan fingerprint density at radius 3 is 2.19 bits per heavy atom. The highest BCUT2D eigenvalue weighted by atomic mass is 16.4. The first-order valence-corrected chi connectivity index (χ1v) is 5.90. The van der Waals surface area contributed by atoms with Crippen LogP contribution in [0.2, 0.25) is 0 Å². The van der Waals surface area contributed by atoms with E-state index in [1.165, 1.54) is 0 Å². The van der Waals surface area contributed by atoms with Crippen molar-refractivity contribution < 1.29 is 14.7 Å². The number of carboxylic acid groups (broad SMARTS) is 1. The van der Waals surface area contributed by atoms with Crippen molar-refractivity contribution in [2.45, 2.75) is 19.3 Å². The summed E-state index contributed by atoms with van der Waals surface area (Å²) in [5.41, 5.74) is 0. The molecule has 0 saturated carbocycles. The number of carbonyl (C=O) groups is 2. The van der Waals surface area contributed by atoms with E-state index in [-0.39, 0.29) is 11.8 Å². The van der Waals surface area contributed by atoms with E-state index in [9.17, 15) is 9.59 Å². The highest BCUT2D eigenvalue weighted by Crippen LogP contribution is 2.17. The van der Waals surface area contributed by atoms with Crippen LogP contribution in [0.1, 0.15) is 19.3 Å². The molecule has 1 N–H and O–H groups in total. The van der Waals surface area contributed by atoms with Gasteiger partial charge >= 0.3 is 5.97 Å². The van der Waals surface area contributed by atoms with Gasteiger partial charge in [-0.1, -0.05) is 0 Å². The van der Waals surface area contributed by atoms with E-state index in [0.29, 0.717) is 19.4 Å². The summed E-state index contributed by atoms with van der Waals surface area (Å²) < 4.78 is 0. The fourth-order valence-electron chi connectivity index (χ4n) is 2.19. The number of amides is 1. The van der Waals surface area contributed by atoms with Crippen molar-refractivity contribution in [3.8, 4) is 0 Å². The number of aliphatic carboxylic acids is 1. The lowest BCUT2D eigenvalue weighted by Gasteiger charge is -2.35. The first kappa shape index (κ1) is 11.4. The van der Waals surface area contributed by atoms with Gasteiger partial charge in [-0.3, -0.25) is 14.5 Å². The van der Waals surface area contributed by atoms with Crippen LogP contribution in [0.5, 0.6) is 0 Å². The van der Waals surface area contributed by atoms with Gasteiger partial charge in [-0.15, -0.1) is 0 Å². The third kappa shape index (κ3) is 2.52. The Hall–Kier alpha value is -1.10. The van der Waals surface area contributed by atoms with Crippen LogP contribution in [0, 0.1) is 5.92 Å². The van der Waals surface area contributed by atoms with E-state index in [1.807, 2.05) is 4.90 Å². The molecule has 0 unspecified atom stereocenters. The average Bonchev–Trinajstić information content (AvgIpc) is 2.15. The molecule has 0 aromatic heterocycles. The largest absolute Gasteiger partial charge is 0.481 e. The highest BCUT2D eigenvalue weighted by molar-refractivity contribution is 5.79. The monoisotopic (exact) mass is 226 g/mol. The zero-order valence-electron chi connectivity index (χ0n) is 9.39. The molecule has 5 nitrogen and oxygen atoms in total. The maximum absolute atomic E-state index is 11.7. The van der Waals surface area contributed by atoms with Crippen molar-refractivity contribution in [1.29, 1.82) is 0 Å². The summed E-state index contributed by atoms with van der Waals surface area (Å²) in [5, 5.41) is 8.85. The Morgan fingerprint density at radius 2 is 1.75 bits per heavy atom. The number of rotatable bonds is 3. The van der Waals surface area contributed by atoms with Gasteiger partial charge in [0.2, 0.25) is 5.91 Å². The fourth-order valence-corrected chi connectivity index (χ4v) is 2.19. The number of likely N-dealkylation sites (tertiary alicyclic amines) is 2. The summed E-state index contributed by atoms with van der Waals surface area (Å²) in [6.07, 6.45) is 2.46. The Labute approximate surface area is 95.0 Å². The quantitative estimate of drug-likeness (QED) is 0.736. The van der Waals surface area contributed by atoms with Crippen LogP contribution in [0.25, 0.3) is 0 Å². The molecular formula is C11H18N2O3. The summed E-state index contributed by atoms with van der Waals surface area (Å²) in [6, 6.07) is 0. The van der Waals surface area contributed by atoms with Crippen LogP contribution in [-0.4, -0.2) is 59.5 Å². The second kappa shape index (κ2) is 4.82. The molecule has 1 amide bonds. The molecule has 0 aromatic carbocycles. The minimum atomic E-state index is -0.700. The Bertz CT molecular complexity index is 281. The lowest BCUT2D eigenvalue weighted by Crippen LogP contribution is -2.48. The highest BCUT2D eigenvalue weighted by Gasteiger charge is 2.27. The molecule has 0 radical (unpaired) electrons. The Kier molecular flexibility index (Phi) is 3.43. The minimum absolute atomic E-state index is 0.194. The van der Waals surface area contributed by atoms with Gasteiger partial charge in [0.1, 0.15) is 0 Å². The Balaban J connectivity index is 1.72. The molecule has 0 aromatic rings. The number of carboxylic acids is 1. The van der Waals surface area contributed by atoms with Gasteiger partial charge in [0.25, 0.3) is 0 Å². The molecule has 2 rings (SSSR count). The van der Waals surface area contributed by atoms with Crippen LogP contribution in [-0.2, 0) is 9.59 Å². The summed E-state index contributed by atoms with van der Waals surface area (Å²) in [6.45, 7) is 3.72. The zero-order chi connectivity index (χ0) is 11.5. The zero-order valence-corrected chi connectivity index (χ0v) is 9.39. The molecule has 90 valence electrons. The van der Waals surface area contributed by atoms with E-state index in [0.717, 1.165) is 32.6 Å². The summed E-state index contributed by atoms with van der Waals surface area (Å²) in [4.78, 5) is 26.4. The maximum Gasteiger partial charge on any atom is 0.306 e. The van der Waals surface area contributed by atoms with Gasteiger partial charge in [-0.25, -0.2) is 0 Å². The summed E-state index contributed by atoms with van der Waals surface area (Å²) in [5.74, 6) is -0.718. The lowest BCUT2D eigenvalue weighted by molar-refractivity contribution is -0.143. The van der Waals surface area contributed by atoms with Gasteiger partial charge in [-0.2, -0.15) is 0 Å². The topological polar surface area (TPSA) is 60.9 Å². The number of nitrogens with zero attached hydrogens (tertiary/aromatic N) is 2. The molecule has 0 atom stereocenters. The van der Waals surface area contributed by atoms with Crippen molar-refractivity contribution in [2.75, 3.05) is 32.7 Å². The van der Waals surface area contributed by atoms with E-state index < -0.39 is 5.97 Å². The standard InChI is InChI=1S/C11H18N2O3/c14-10(13-4-1-5-13)8-12-6-2-9(3-7-12)11(15)16/h9H,1-8H2,(H,15,16). The van der Waals surface area contributed by atoms with Crippen molar-refractivity contribution in [3.05, 3.63) is 0 Å². The van der Waals surface area contributed by atoms with Gasteiger partial charge in [-0.05, 0) is 32.4 Å². The smallest absolute Gasteiger partial charge is 0.306 e. The normalized spacial score (nSPS) is 22.9. The molecule has 2 aliphatic heterocycles. The number of hydrogen-bond acceptors (Lipinski definition) is 3. The van der Waals surface area contributed by atoms with Crippen molar-refractivity contribution in [3.63, 3.8) is 0 Å². The summed E-state index contributed by atoms with van der Waals surface area (Å²) >= 11 is 0. The lowest BCUT2D eigenvalue weighted by atomic mass is 9.97. The van der Waals surface area contributed by atoms with E-state index >= 15 is 0 Å². The van der Waals surface area contributed by atoms with Gasteiger partial charge in [0, 0.05) is 13.1 Å². The summed E-state index contributed by atoms with van der Waals surface area (Å²) in [7, 11) is 0. The second-order valence-corrected chi connectivity index (χ2v) is 4.62. The van der Waals surface area contributed by atoms with Crippen molar-refractivity contribution in [1.82, 2.24) is 9.80 Å². The van der Waals surface area contributed by atoms with Crippen LogP contribution >= 0.6 is 0 Å². The molecule has 2 fully saturated rings. The van der Waals surface area contributed by atoms with Crippen LogP contribution in [0.15, 0.2) is 0 Å². The Morgan fingerprint density at radius 1 is 1.12 bits per heavy atom. The average molecular weight is 226 g/mol. The van der Waals surface area contributed by atoms with Crippen LogP contribution in [0.4, 0.5) is 0 Å². The SMILES string of the molecule is O=C(O)C1CCN(CC(=O)N2CCC2)CC1. The second-order valence-electron chi connectivity index (χ2n) is 4.62. The molecule has 2 heterocycles. The molecule has 5 heteroatoms. The third-order valence-corrected chi connectivity index (χ3v) is 3.50. The van der Waals surface area contributed by atoms with Crippen molar-refractivity contribution in [2.24, 2.45) is 5.92 Å². The van der Waals surface area contributed by atoms with Gasteiger partial charge in [0.05, 0.1) is 12.5 Å². The number of piperidine rings is 1. The molecule has 16 heavy (non-hydrogen) atoms. The van der Waals surface area contributed by atoms with E-state index in [4.69, 9.17) is 5.11 Å². The molecule has 0 bridgehead atoms. The minimum Gasteiger partial charge on any atom is -0.481 e. The fraction of sp³-hybridized carbons (Fsp3) is 0.818. The third-order valence-electron chi connectivity index (χ3n) is 3.50.